The molecule has 5 heteroatoms. The topological polar surface area (TPSA) is 40.1 Å². The molecule has 24 heavy (non-hydrogen) atoms. The summed E-state index contributed by atoms with van der Waals surface area (Å²) in [5.74, 6) is 0.970. The predicted octanol–water partition coefficient (Wildman–Crippen LogP) is 2.20. The molecule has 0 aromatic heterocycles. The smallest absolute Gasteiger partial charge is 0.193 e. The maximum absolute atomic E-state index is 6.04. The lowest BCUT2D eigenvalue weighted by Crippen LogP contribution is -2.49. The molecule has 1 saturated heterocycles. The number of nitrogens with one attached hydrogen (secondary N) is 1. The van der Waals surface area contributed by atoms with Gasteiger partial charge in [0.25, 0.3) is 0 Å². The van der Waals surface area contributed by atoms with Crippen molar-refractivity contribution in [3.05, 3.63) is 34.9 Å². The van der Waals surface area contributed by atoms with Gasteiger partial charge in [-0.25, -0.2) is 0 Å². The van der Waals surface area contributed by atoms with Gasteiger partial charge in [0.2, 0.25) is 0 Å². The summed E-state index contributed by atoms with van der Waals surface area (Å²) in [5, 5.41) is 3.48. The minimum atomic E-state index is 0.108. The van der Waals surface area contributed by atoms with Crippen LogP contribution in [0, 0.1) is 13.8 Å². The standard InChI is InChI=1S/C19H32N4O/c1-6-22(5)10-9-21-19(20-4)23-11-12-24-18(14-23)17-8-7-15(2)13-16(17)3/h7-8,13,18H,6,9-12,14H2,1-5H3,(H,20,21). The highest BCUT2D eigenvalue weighted by molar-refractivity contribution is 5.80. The van der Waals surface area contributed by atoms with E-state index in [2.05, 4.69) is 66.1 Å². The Labute approximate surface area is 146 Å². The largest absolute Gasteiger partial charge is 0.370 e. The summed E-state index contributed by atoms with van der Waals surface area (Å²) in [4.78, 5) is 9.05. The lowest BCUT2D eigenvalue weighted by atomic mass is 10.00. The lowest BCUT2D eigenvalue weighted by Gasteiger charge is -2.36. The van der Waals surface area contributed by atoms with Crippen molar-refractivity contribution in [2.24, 2.45) is 4.99 Å². The first-order chi connectivity index (χ1) is 11.5. The zero-order chi connectivity index (χ0) is 17.5. The maximum atomic E-state index is 6.04. The van der Waals surface area contributed by atoms with Gasteiger partial charge in [-0.1, -0.05) is 30.7 Å². The van der Waals surface area contributed by atoms with Crippen molar-refractivity contribution >= 4 is 5.96 Å². The van der Waals surface area contributed by atoms with Gasteiger partial charge in [0.05, 0.1) is 13.2 Å². The van der Waals surface area contributed by atoms with E-state index in [4.69, 9.17) is 4.74 Å². The summed E-state index contributed by atoms with van der Waals surface area (Å²) in [6, 6.07) is 6.59. The number of rotatable bonds is 5. The van der Waals surface area contributed by atoms with E-state index in [1.807, 2.05) is 7.05 Å². The quantitative estimate of drug-likeness (QED) is 0.663. The average Bonchev–Trinajstić information content (AvgIpc) is 2.58. The molecule has 5 nitrogen and oxygen atoms in total. The molecule has 1 aliphatic rings. The highest BCUT2D eigenvalue weighted by Gasteiger charge is 2.25. The fourth-order valence-corrected chi connectivity index (χ4v) is 3.07. The molecule has 1 aromatic rings. The summed E-state index contributed by atoms with van der Waals surface area (Å²) in [6.45, 7) is 11.9. The number of benzene rings is 1. The molecule has 134 valence electrons. The van der Waals surface area contributed by atoms with E-state index >= 15 is 0 Å². The van der Waals surface area contributed by atoms with Crippen LogP contribution in [0.15, 0.2) is 23.2 Å². The van der Waals surface area contributed by atoms with E-state index in [0.717, 1.165) is 45.3 Å². The highest BCUT2D eigenvalue weighted by Crippen LogP contribution is 2.25. The predicted molar refractivity (Wildman–Crippen MR) is 101 cm³/mol. The van der Waals surface area contributed by atoms with Gasteiger partial charge in [-0.3, -0.25) is 4.99 Å². The lowest BCUT2D eigenvalue weighted by molar-refractivity contribution is -0.00833. The molecule has 1 heterocycles. The Hall–Kier alpha value is -1.59. The van der Waals surface area contributed by atoms with Crippen molar-refractivity contribution in [3.8, 4) is 0 Å². The molecule has 0 bridgehead atoms. The zero-order valence-corrected chi connectivity index (χ0v) is 15.8. The Balaban J connectivity index is 1.98. The van der Waals surface area contributed by atoms with Crippen molar-refractivity contribution in [1.29, 1.82) is 0 Å². The molecular weight excluding hydrogens is 300 g/mol. The fourth-order valence-electron chi connectivity index (χ4n) is 3.07. The SMILES string of the molecule is CCN(C)CCNC(=NC)N1CCOC(c2ccc(C)cc2C)C1. The van der Waals surface area contributed by atoms with E-state index in [9.17, 15) is 0 Å². The minimum Gasteiger partial charge on any atom is -0.370 e. The van der Waals surface area contributed by atoms with E-state index in [1.165, 1.54) is 16.7 Å². The molecule has 1 unspecified atom stereocenters. The fraction of sp³-hybridized carbons (Fsp3) is 0.632. The van der Waals surface area contributed by atoms with Gasteiger partial charge in [-0.15, -0.1) is 0 Å². The molecule has 1 aliphatic heterocycles. The van der Waals surface area contributed by atoms with Gasteiger partial charge < -0.3 is 19.9 Å². The summed E-state index contributed by atoms with van der Waals surface area (Å²) < 4.78 is 6.04. The number of likely N-dealkylation sites (N-methyl/N-ethyl adjacent to an activating group) is 1. The number of aryl methyl sites for hydroxylation is 2. The van der Waals surface area contributed by atoms with Crippen molar-refractivity contribution in [1.82, 2.24) is 15.1 Å². The molecule has 0 spiro atoms. The molecule has 1 atom stereocenters. The number of morpholine rings is 1. The Morgan fingerprint density at radius 1 is 1.42 bits per heavy atom. The van der Waals surface area contributed by atoms with Crippen molar-refractivity contribution < 1.29 is 4.74 Å². The van der Waals surface area contributed by atoms with Crippen molar-refractivity contribution in [3.63, 3.8) is 0 Å². The third kappa shape index (κ3) is 4.95. The molecule has 1 N–H and O–H groups in total. The molecule has 2 rings (SSSR count). The van der Waals surface area contributed by atoms with Crippen LogP contribution in [0.5, 0.6) is 0 Å². The Morgan fingerprint density at radius 2 is 2.21 bits per heavy atom. The molecule has 0 amide bonds. The zero-order valence-electron chi connectivity index (χ0n) is 15.8. The van der Waals surface area contributed by atoms with Crippen molar-refractivity contribution in [2.75, 3.05) is 53.4 Å². The monoisotopic (exact) mass is 332 g/mol. The summed E-state index contributed by atoms with van der Waals surface area (Å²) in [6.07, 6.45) is 0.108. The number of guanidine groups is 1. The molecular formula is C19H32N4O. The molecule has 0 radical (unpaired) electrons. The van der Waals surface area contributed by atoms with Crippen molar-refractivity contribution in [2.45, 2.75) is 26.9 Å². The van der Waals surface area contributed by atoms with Crippen LogP contribution in [-0.4, -0.2) is 69.2 Å². The third-order valence-corrected chi connectivity index (χ3v) is 4.67. The highest BCUT2D eigenvalue weighted by atomic mass is 16.5. The Morgan fingerprint density at radius 3 is 2.88 bits per heavy atom. The van der Waals surface area contributed by atoms with Crippen LogP contribution >= 0.6 is 0 Å². The maximum Gasteiger partial charge on any atom is 0.193 e. The summed E-state index contributed by atoms with van der Waals surface area (Å²) in [7, 11) is 3.99. The molecule has 0 aliphatic carbocycles. The number of hydrogen-bond acceptors (Lipinski definition) is 3. The first-order valence-corrected chi connectivity index (χ1v) is 8.88. The van der Waals surface area contributed by atoms with Crippen LogP contribution < -0.4 is 5.32 Å². The third-order valence-electron chi connectivity index (χ3n) is 4.67. The second-order valence-corrected chi connectivity index (χ2v) is 6.54. The van der Waals surface area contributed by atoms with Crippen LogP contribution in [0.2, 0.25) is 0 Å². The van der Waals surface area contributed by atoms with E-state index < -0.39 is 0 Å². The summed E-state index contributed by atoms with van der Waals surface area (Å²) >= 11 is 0. The van der Waals surface area contributed by atoms with Gasteiger partial charge in [0.1, 0.15) is 6.10 Å². The minimum absolute atomic E-state index is 0.108. The van der Waals surface area contributed by atoms with Gasteiger partial charge in [-0.2, -0.15) is 0 Å². The average molecular weight is 332 g/mol. The first-order valence-electron chi connectivity index (χ1n) is 8.88. The number of nitrogens with zero attached hydrogens (tertiary/aromatic N) is 3. The van der Waals surface area contributed by atoms with Gasteiger partial charge in [-0.05, 0) is 38.6 Å². The number of aliphatic imine (C=N–C) groups is 1. The van der Waals surface area contributed by atoms with E-state index in [-0.39, 0.29) is 6.10 Å². The van der Waals surface area contributed by atoms with E-state index in [0.29, 0.717) is 0 Å². The first kappa shape index (κ1) is 18.7. The normalized spacial score (nSPS) is 19.0. The van der Waals surface area contributed by atoms with E-state index in [1.54, 1.807) is 0 Å². The summed E-state index contributed by atoms with van der Waals surface area (Å²) in [5.41, 5.74) is 3.88. The van der Waals surface area contributed by atoms with Crippen LogP contribution in [0.1, 0.15) is 29.7 Å². The second-order valence-electron chi connectivity index (χ2n) is 6.54. The number of ether oxygens (including phenoxy) is 1. The second kappa shape index (κ2) is 9.04. The Bertz CT molecular complexity index is 558. The van der Waals surface area contributed by atoms with Crippen LogP contribution in [0.25, 0.3) is 0 Å². The molecule has 1 aromatic carbocycles. The van der Waals surface area contributed by atoms with Gasteiger partial charge in [0.15, 0.2) is 5.96 Å². The number of hydrogen-bond donors (Lipinski definition) is 1. The Kier molecular flexibility index (Phi) is 7.06. The molecule has 0 saturated carbocycles. The van der Waals surface area contributed by atoms with Gasteiger partial charge >= 0.3 is 0 Å². The van der Waals surface area contributed by atoms with Gasteiger partial charge in [0, 0.05) is 26.7 Å². The van der Waals surface area contributed by atoms with Crippen LogP contribution in [-0.2, 0) is 4.74 Å². The van der Waals surface area contributed by atoms with Crippen LogP contribution in [0.3, 0.4) is 0 Å². The van der Waals surface area contributed by atoms with Crippen LogP contribution in [0.4, 0.5) is 0 Å². The molecule has 1 fully saturated rings.